The average molecular weight is 582 g/mol. The molecular formula is C31H51N9O2. The highest BCUT2D eigenvalue weighted by Crippen LogP contribution is 2.31. The van der Waals surface area contributed by atoms with E-state index < -0.39 is 0 Å². The summed E-state index contributed by atoms with van der Waals surface area (Å²) in [5.74, 6) is 1.57. The van der Waals surface area contributed by atoms with Crippen LogP contribution in [0.3, 0.4) is 0 Å². The summed E-state index contributed by atoms with van der Waals surface area (Å²) in [5.41, 5.74) is 4.74. The van der Waals surface area contributed by atoms with E-state index in [0.29, 0.717) is 36.6 Å². The zero-order chi connectivity index (χ0) is 29.1. The first kappa shape index (κ1) is 29.8. The first-order chi connectivity index (χ1) is 20.4. The van der Waals surface area contributed by atoms with Crippen molar-refractivity contribution in [2.24, 2.45) is 5.92 Å². The van der Waals surface area contributed by atoms with Crippen molar-refractivity contribution >= 4 is 5.91 Å². The first-order valence-corrected chi connectivity index (χ1v) is 16.0. The summed E-state index contributed by atoms with van der Waals surface area (Å²) in [6, 6.07) is 1.63. The lowest BCUT2D eigenvalue weighted by Crippen LogP contribution is -2.73. The van der Waals surface area contributed by atoms with Crippen molar-refractivity contribution in [3.05, 3.63) is 47.9 Å². The van der Waals surface area contributed by atoms with Crippen LogP contribution in [0.1, 0.15) is 45.4 Å². The molecule has 8 atom stereocenters. The van der Waals surface area contributed by atoms with Crippen LogP contribution in [0.25, 0.3) is 0 Å². The SMILES string of the molecule is CC1CC(NC2NCNC3CCC(C4=CCN(C(=O)/C=C/CN(C)C)CC4)NC32)CCC1OC1=CC2NCNN2C=C1. The van der Waals surface area contributed by atoms with Crippen molar-refractivity contribution in [2.75, 3.05) is 47.1 Å². The zero-order valence-corrected chi connectivity index (χ0v) is 25.5. The van der Waals surface area contributed by atoms with Crippen molar-refractivity contribution in [2.45, 2.75) is 88.1 Å². The number of fused-ring (bicyclic) bond motifs is 2. The molecule has 4 fully saturated rings. The second kappa shape index (κ2) is 13.6. The van der Waals surface area contributed by atoms with E-state index in [1.54, 1.807) is 6.08 Å². The molecule has 1 amide bonds. The zero-order valence-electron chi connectivity index (χ0n) is 25.5. The predicted molar refractivity (Wildman–Crippen MR) is 164 cm³/mol. The van der Waals surface area contributed by atoms with E-state index in [9.17, 15) is 4.79 Å². The minimum absolute atomic E-state index is 0.116. The molecule has 42 heavy (non-hydrogen) atoms. The number of likely N-dealkylation sites (N-methyl/N-ethyl adjacent to an activating group) is 1. The molecule has 11 nitrogen and oxygen atoms in total. The summed E-state index contributed by atoms with van der Waals surface area (Å²) >= 11 is 0. The Morgan fingerprint density at radius 2 is 2.07 bits per heavy atom. The van der Waals surface area contributed by atoms with Crippen LogP contribution >= 0.6 is 0 Å². The summed E-state index contributed by atoms with van der Waals surface area (Å²) in [4.78, 5) is 16.6. The molecule has 0 aromatic heterocycles. The van der Waals surface area contributed by atoms with E-state index in [0.717, 1.165) is 70.7 Å². The molecule has 0 aromatic carbocycles. The maximum Gasteiger partial charge on any atom is 0.246 e. The fourth-order valence-electron chi connectivity index (χ4n) is 7.36. The van der Waals surface area contributed by atoms with Gasteiger partial charge in [0, 0.05) is 56.7 Å². The molecule has 0 spiro atoms. The molecule has 232 valence electrons. The molecule has 6 aliphatic rings. The van der Waals surface area contributed by atoms with Crippen LogP contribution in [0.15, 0.2) is 47.9 Å². The number of nitrogens with zero attached hydrogens (tertiary/aromatic N) is 3. The molecular weight excluding hydrogens is 530 g/mol. The summed E-state index contributed by atoms with van der Waals surface area (Å²) < 4.78 is 6.49. The quantitative estimate of drug-likeness (QED) is 0.179. The van der Waals surface area contributed by atoms with Gasteiger partial charge >= 0.3 is 0 Å². The average Bonchev–Trinajstić information content (AvgIpc) is 3.46. The first-order valence-electron chi connectivity index (χ1n) is 16.0. The number of rotatable bonds is 8. The van der Waals surface area contributed by atoms with Gasteiger partial charge in [-0.3, -0.25) is 31.1 Å². The highest BCUT2D eigenvalue weighted by molar-refractivity contribution is 5.87. The van der Waals surface area contributed by atoms with Crippen molar-refractivity contribution in [3.63, 3.8) is 0 Å². The molecule has 5 aliphatic heterocycles. The van der Waals surface area contributed by atoms with Gasteiger partial charge in [0.25, 0.3) is 0 Å². The summed E-state index contributed by atoms with van der Waals surface area (Å²) in [7, 11) is 4.02. The summed E-state index contributed by atoms with van der Waals surface area (Å²) in [6.45, 7) is 6.23. The molecule has 0 radical (unpaired) electrons. The standard InChI is InChI=1S/C31H51N9O2/c1-21-17-23(6-9-27(21)42-24-12-16-40-28(18-24)33-20-35-40)36-31-30-26(32-19-34-31)8-7-25(37-30)22-10-14-39(15-11-22)29(41)5-4-13-38(2)3/h4-5,10,12,16,18,21,23,25-28,30-37H,6-9,11,13-15,17,19-20H2,1-3H3/b5-4+. The van der Waals surface area contributed by atoms with Gasteiger partial charge in [-0.25, -0.2) is 5.43 Å². The molecule has 0 bridgehead atoms. The lowest BCUT2D eigenvalue weighted by molar-refractivity contribution is -0.125. The van der Waals surface area contributed by atoms with Crippen molar-refractivity contribution in [3.8, 4) is 0 Å². The Hall–Kier alpha value is -2.25. The topological polar surface area (TPSA) is 108 Å². The molecule has 11 heteroatoms. The lowest BCUT2D eigenvalue weighted by atomic mass is 9.82. The van der Waals surface area contributed by atoms with Gasteiger partial charge in [-0.05, 0) is 70.7 Å². The molecule has 3 saturated heterocycles. The Bertz CT molecular complexity index is 1070. The summed E-state index contributed by atoms with van der Waals surface area (Å²) in [6.07, 6.45) is 19.4. The molecule has 8 unspecified atom stereocenters. The van der Waals surface area contributed by atoms with E-state index in [2.05, 4.69) is 73.3 Å². The maximum absolute atomic E-state index is 12.6. The number of amides is 1. The second-order valence-electron chi connectivity index (χ2n) is 13.1. The van der Waals surface area contributed by atoms with Gasteiger partial charge in [-0.15, -0.1) is 0 Å². The van der Waals surface area contributed by atoms with Crippen LogP contribution in [0.5, 0.6) is 0 Å². The van der Waals surface area contributed by atoms with Crippen molar-refractivity contribution < 1.29 is 9.53 Å². The number of nitrogens with one attached hydrogen (secondary N) is 6. The minimum Gasteiger partial charge on any atom is -0.490 e. The van der Waals surface area contributed by atoms with Gasteiger partial charge < -0.3 is 19.9 Å². The fourth-order valence-corrected chi connectivity index (χ4v) is 7.36. The van der Waals surface area contributed by atoms with Gasteiger partial charge in [0.2, 0.25) is 5.91 Å². The maximum atomic E-state index is 12.6. The van der Waals surface area contributed by atoms with Crippen LogP contribution in [-0.4, -0.2) is 110 Å². The fraction of sp³-hybridized carbons (Fsp3) is 0.710. The Kier molecular flexibility index (Phi) is 9.64. The Morgan fingerprint density at radius 3 is 2.88 bits per heavy atom. The smallest absolute Gasteiger partial charge is 0.246 e. The highest BCUT2D eigenvalue weighted by atomic mass is 16.5. The number of hydrazine groups is 1. The van der Waals surface area contributed by atoms with E-state index in [4.69, 9.17) is 4.74 Å². The third kappa shape index (κ3) is 7.10. The van der Waals surface area contributed by atoms with Gasteiger partial charge in [-0.1, -0.05) is 24.6 Å². The third-order valence-electron chi connectivity index (χ3n) is 9.76. The molecule has 0 aromatic rings. The number of hydrogen-bond donors (Lipinski definition) is 6. The Labute approximate surface area is 251 Å². The summed E-state index contributed by atoms with van der Waals surface area (Å²) in [5, 5.41) is 20.9. The number of hydrogen-bond acceptors (Lipinski definition) is 10. The number of ether oxygens (including phenoxy) is 1. The monoisotopic (exact) mass is 581 g/mol. The molecule has 5 heterocycles. The molecule has 1 saturated carbocycles. The van der Waals surface area contributed by atoms with Crippen molar-refractivity contribution in [1.82, 2.24) is 46.8 Å². The van der Waals surface area contributed by atoms with E-state index in [-0.39, 0.29) is 24.3 Å². The minimum atomic E-state index is 0.116. The lowest BCUT2D eigenvalue weighted by Gasteiger charge is -2.48. The van der Waals surface area contributed by atoms with Crippen LogP contribution in [0, 0.1) is 5.92 Å². The number of piperidine rings is 1. The van der Waals surface area contributed by atoms with Crippen LogP contribution in [0.2, 0.25) is 0 Å². The van der Waals surface area contributed by atoms with Crippen LogP contribution in [-0.2, 0) is 9.53 Å². The number of carbonyl (C=O) groups is 1. The second-order valence-corrected chi connectivity index (χ2v) is 13.1. The number of allylic oxidation sites excluding steroid dienone is 1. The largest absolute Gasteiger partial charge is 0.490 e. The molecule has 1 aliphatic carbocycles. The van der Waals surface area contributed by atoms with E-state index in [1.165, 1.54) is 5.57 Å². The van der Waals surface area contributed by atoms with Gasteiger partial charge in [-0.2, -0.15) is 0 Å². The predicted octanol–water partition coefficient (Wildman–Crippen LogP) is 0.497. The van der Waals surface area contributed by atoms with Gasteiger partial charge in [0.15, 0.2) is 0 Å². The van der Waals surface area contributed by atoms with Crippen LogP contribution < -0.4 is 32.0 Å². The normalized spacial score (nSPS) is 37.0. The Balaban J connectivity index is 0.994. The Morgan fingerprint density at radius 1 is 1.17 bits per heavy atom. The van der Waals surface area contributed by atoms with Gasteiger partial charge in [0.05, 0.1) is 18.9 Å². The number of carbonyl (C=O) groups excluding carboxylic acids is 1. The van der Waals surface area contributed by atoms with Gasteiger partial charge in [0.1, 0.15) is 18.0 Å². The highest BCUT2D eigenvalue weighted by Gasteiger charge is 2.40. The molecule has 6 N–H and O–H groups in total. The third-order valence-corrected chi connectivity index (χ3v) is 9.76. The van der Waals surface area contributed by atoms with Crippen LogP contribution in [0.4, 0.5) is 0 Å². The van der Waals surface area contributed by atoms with Crippen molar-refractivity contribution in [1.29, 1.82) is 0 Å². The molecule has 6 rings (SSSR count). The van der Waals surface area contributed by atoms with E-state index in [1.807, 2.05) is 25.1 Å². The van der Waals surface area contributed by atoms with E-state index >= 15 is 0 Å².